The van der Waals surface area contributed by atoms with Crippen molar-refractivity contribution in [2.75, 3.05) is 13.6 Å². The maximum atomic E-state index is 13.2. The summed E-state index contributed by atoms with van der Waals surface area (Å²) in [4.78, 5) is 25.8. The number of hydrogen-bond acceptors (Lipinski definition) is 6. The largest absolute Gasteiger partial charge is 0.477 e. The molecule has 2 aromatic heterocycles. The van der Waals surface area contributed by atoms with Crippen molar-refractivity contribution in [3.63, 3.8) is 0 Å². The van der Waals surface area contributed by atoms with E-state index in [1.807, 2.05) is 29.9 Å². The number of carbonyl (C=O) groups excluding carboxylic acids is 1. The van der Waals surface area contributed by atoms with Gasteiger partial charge in [0.1, 0.15) is 6.10 Å². The average Bonchev–Trinajstić information content (AvgIpc) is 3.03. The number of fused-ring (bicyclic) bond motifs is 5. The van der Waals surface area contributed by atoms with Crippen LogP contribution in [0.25, 0.3) is 0 Å². The first-order chi connectivity index (χ1) is 13.8. The second-order valence-electron chi connectivity index (χ2n) is 8.76. The number of esters is 1. The van der Waals surface area contributed by atoms with Gasteiger partial charge in [0.25, 0.3) is 0 Å². The van der Waals surface area contributed by atoms with Gasteiger partial charge in [0, 0.05) is 24.7 Å². The molecule has 29 heavy (non-hydrogen) atoms. The van der Waals surface area contributed by atoms with Gasteiger partial charge in [-0.15, -0.1) is 22.7 Å². The number of aliphatic hydroxyl groups is 1. The predicted molar refractivity (Wildman–Crippen MR) is 109 cm³/mol. The number of piperidine rings is 2. The Bertz CT molecular complexity index is 873. The van der Waals surface area contributed by atoms with E-state index in [9.17, 15) is 19.8 Å². The van der Waals surface area contributed by atoms with Crippen LogP contribution in [0.1, 0.15) is 29.0 Å². The third-order valence-corrected chi connectivity index (χ3v) is 9.16. The highest BCUT2D eigenvalue weighted by Crippen LogP contribution is 2.61. The van der Waals surface area contributed by atoms with Gasteiger partial charge in [-0.05, 0) is 29.3 Å². The Morgan fingerprint density at radius 3 is 2.10 bits per heavy atom. The Hall–Kier alpha value is -1.74. The number of likely N-dealkylation sites (N-methyl/N-ethyl adjacent to an activating group) is 1. The lowest BCUT2D eigenvalue weighted by Gasteiger charge is -2.48. The fourth-order valence-corrected chi connectivity index (χ4v) is 7.57. The van der Waals surface area contributed by atoms with Crippen molar-refractivity contribution in [1.29, 1.82) is 0 Å². The van der Waals surface area contributed by atoms with E-state index in [2.05, 4.69) is 0 Å². The van der Waals surface area contributed by atoms with Crippen molar-refractivity contribution in [2.24, 2.45) is 11.8 Å². The standard InChI is InChI=1S/C21H23NO5S2/c1-22(11-19(23)24)15-8-12(9-16(22)14-10-13(14)15)27-20(25)21(26,17-4-2-6-28-17)18-5-3-7-29-18/h2-7,12-16,26H,8-11H2,1H3/p+1/t12?,13-,14+,15+,16-,22?. The lowest BCUT2D eigenvalue weighted by molar-refractivity contribution is -0.948. The van der Waals surface area contributed by atoms with Crippen LogP contribution in [-0.4, -0.2) is 58.4 Å². The van der Waals surface area contributed by atoms with Gasteiger partial charge in [-0.1, -0.05) is 12.1 Å². The predicted octanol–water partition coefficient (Wildman–Crippen LogP) is 2.67. The minimum atomic E-state index is -1.79. The normalized spacial score (nSPS) is 35.2. The van der Waals surface area contributed by atoms with Gasteiger partial charge in [-0.2, -0.15) is 0 Å². The molecule has 6 atom stereocenters. The molecule has 6 nitrogen and oxygen atoms in total. The molecule has 0 amide bonds. The summed E-state index contributed by atoms with van der Waals surface area (Å²) in [7, 11) is 2.04. The number of hydrogen-bond donors (Lipinski definition) is 2. The molecule has 2 bridgehead atoms. The molecular formula is C21H24NO5S2+. The van der Waals surface area contributed by atoms with E-state index in [0.717, 1.165) is 6.42 Å². The summed E-state index contributed by atoms with van der Waals surface area (Å²) in [6.07, 6.45) is 2.21. The molecule has 2 saturated heterocycles. The smallest absolute Gasteiger partial charge is 0.359 e. The number of carboxylic acid groups (broad SMARTS) is 1. The number of carbonyl (C=O) groups is 2. The number of rotatable bonds is 6. The van der Waals surface area contributed by atoms with Crippen LogP contribution in [0.15, 0.2) is 35.0 Å². The van der Waals surface area contributed by atoms with E-state index < -0.39 is 17.5 Å². The first-order valence-electron chi connectivity index (χ1n) is 9.92. The monoisotopic (exact) mass is 434 g/mol. The fourth-order valence-electron chi connectivity index (χ4n) is 5.86. The van der Waals surface area contributed by atoms with Crippen LogP contribution in [0.2, 0.25) is 0 Å². The Kier molecular flexibility index (Phi) is 4.40. The number of nitrogens with zero attached hydrogens (tertiary/aromatic N) is 1. The third kappa shape index (κ3) is 2.88. The second kappa shape index (κ2) is 6.63. The highest BCUT2D eigenvalue weighted by molar-refractivity contribution is 7.12. The molecule has 1 aliphatic carbocycles. The Morgan fingerprint density at radius 2 is 1.66 bits per heavy atom. The van der Waals surface area contributed by atoms with Gasteiger partial charge >= 0.3 is 11.9 Å². The average molecular weight is 435 g/mol. The topological polar surface area (TPSA) is 83.8 Å². The summed E-state index contributed by atoms with van der Waals surface area (Å²) in [6, 6.07) is 7.57. The van der Waals surface area contributed by atoms with E-state index in [1.165, 1.54) is 22.7 Å². The molecule has 1 saturated carbocycles. The van der Waals surface area contributed by atoms with Crippen LogP contribution < -0.4 is 0 Å². The summed E-state index contributed by atoms with van der Waals surface area (Å²) in [6.45, 7) is 0.122. The molecule has 2 unspecified atom stereocenters. The van der Waals surface area contributed by atoms with Crippen LogP contribution in [0.3, 0.4) is 0 Å². The Morgan fingerprint density at radius 1 is 1.10 bits per heavy atom. The van der Waals surface area contributed by atoms with Crippen molar-refractivity contribution in [1.82, 2.24) is 0 Å². The molecule has 5 rings (SSSR count). The maximum absolute atomic E-state index is 13.2. The lowest BCUT2D eigenvalue weighted by Crippen LogP contribution is -2.63. The van der Waals surface area contributed by atoms with E-state index in [4.69, 9.17) is 4.74 Å². The van der Waals surface area contributed by atoms with Crippen LogP contribution in [0.4, 0.5) is 0 Å². The van der Waals surface area contributed by atoms with E-state index in [-0.39, 0.29) is 24.7 Å². The Balaban J connectivity index is 1.37. The molecule has 8 heteroatoms. The zero-order chi connectivity index (χ0) is 20.4. The van der Waals surface area contributed by atoms with E-state index in [0.29, 0.717) is 38.9 Å². The molecule has 2 aromatic rings. The lowest BCUT2D eigenvalue weighted by atomic mass is 9.91. The SMILES string of the molecule is C[N+]1(CC(=O)O)[C@@H]2CC(OC(=O)C(O)(c3cccs3)c3cccs3)C[C@H]1[C@@H]1C[C@@H]12. The summed E-state index contributed by atoms with van der Waals surface area (Å²) in [5.74, 6) is -0.318. The summed E-state index contributed by atoms with van der Waals surface area (Å²) in [5.41, 5.74) is -1.79. The first kappa shape index (κ1) is 19.2. The van der Waals surface area contributed by atoms with Gasteiger partial charge in [0.2, 0.25) is 5.60 Å². The second-order valence-corrected chi connectivity index (χ2v) is 10.7. The van der Waals surface area contributed by atoms with Crippen LogP contribution in [0.5, 0.6) is 0 Å². The Labute approximate surface area is 176 Å². The molecule has 0 aromatic carbocycles. The van der Waals surface area contributed by atoms with Crippen molar-refractivity contribution in [2.45, 2.75) is 43.1 Å². The molecule has 4 heterocycles. The van der Waals surface area contributed by atoms with Gasteiger partial charge in [0.05, 0.1) is 28.9 Å². The van der Waals surface area contributed by atoms with E-state index in [1.54, 1.807) is 12.1 Å². The highest BCUT2D eigenvalue weighted by atomic mass is 32.1. The van der Waals surface area contributed by atoms with Gasteiger partial charge in [-0.25, -0.2) is 9.59 Å². The number of aliphatic carboxylic acids is 1. The number of quaternary nitrogens is 1. The maximum Gasteiger partial charge on any atom is 0.359 e. The van der Waals surface area contributed by atoms with Gasteiger partial charge in [0.15, 0.2) is 6.54 Å². The highest BCUT2D eigenvalue weighted by Gasteiger charge is 2.70. The number of thiophene rings is 2. The van der Waals surface area contributed by atoms with Crippen molar-refractivity contribution in [3.8, 4) is 0 Å². The number of ether oxygens (including phenoxy) is 1. The minimum Gasteiger partial charge on any atom is -0.477 e. The van der Waals surface area contributed by atoms with Gasteiger partial charge < -0.3 is 19.4 Å². The first-order valence-corrected chi connectivity index (χ1v) is 11.7. The zero-order valence-corrected chi connectivity index (χ0v) is 17.7. The zero-order valence-electron chi connectivity index (χ0n) is 16.1. The molecule has 0 radical (unpaired) electrons. The molecule has 154 valence electrons. The van der Waals surface area contributed by atoms with Crippen molar-refractivity contribution >= 4 is 34.6 Å². The quantitative estimate of drug-likeness (QED) is 0.540. The molecule has 3 aliphatic rings. The van der Waals surface area contributed by atoms with Crippen molar-refractivity contribution < 1.29 is 29.0 Å². The molecule has 2 N–H and O–H groups in total. The minimum absolute atomic E-state index is 0.122. The summed E-state index contributed by atoms with van der Waals surface area (Å²) in [5, 5.41) is 24.5. The molecule has 2 aliphatic heterocycles. The summed E-state index contributed by atoms with van der Waals surface area (Å²) >= 11 is 2.67. The van der Waals surface area contributed by atoms with Gasteiger partial charge in [-0.3, -0.25) is 0 Å². The van der Waals surface area contributed by atoms with E-state index >= 15 is 0 Å². The van der Waals surface area contributed by atoms with Crippen LogP contribution in [-0.2, 0) is 19.9 Å². The van der Waals surface area contributed by atoms with Crippen LogP contribution in [0, 0.1) is 11.8 Å². The van der Waals surface area contributed by atoms with Crippen molar-refractivity contribution in [3.05, 3.63) is 44.8 Å². The molecular weight excluding hydrogens is 410 g/mol. The van der Waals surface area contributed by atoms with Crippen LogP contribution >= 0.6 is 22.7 Å². The molecule has 0 spiro atoms. The number of carboxylic acids is 1. The summed E-state index contributed by atoms with van der Waals surface area (Å²) < 4.78 is 6.47. The fraction of sp³-hybridized carbons (Fsp3) is 0.524. The third-order valence-electron chi connectivity index (χ3n) is 7.20. The molecule has 3 fully saturated rings.